The molecular weight excluding hydrogens is 244 g/mol. The van der Waals surface area contributed by atoms with Crippen LogP contribution in [0.4, 0.5) is 0 Å². The minimum Gasteiger partial charge on any atom is -0.225 e. The van der Waals surface area contributed by atoms with Gasteiger partial charge in [0.1, 0.15) is 0 Å². The molecule has 0 bridgehead atoms. The van der Waals surface area contributed by atoms with Gasteiger partial charge in [0.15, 0.2) is 0 Å². The molecule has 6 heteroatoms. The minimum absolute atomic E-state index is 0.124. The molecule has 0 aliphatic carbocycles. The highest BCUT2D eigenvalue weighted by atomic mass is 32.2. The molecule has 0 unspecified atom stereocenters. The molecule has 1 aromatic heterocycles. The average Bonchev–Trinajstić information content (AvgIpc) is 2.69. The average molecular weight is 254 g/mol. The molecule has 0 fully saturated rings. The van der Waals surface area contributed by atoms with Gasteiger partial charge in [0.2, 0.25) is 10.0 Å². The Balaban J connectivity index is 2.72. The van der Waals surface area contributed by atoms with Crippen LogP contribution in [0, 0.1) is 6.92 Å². The topological polar surface area (TPSA) is 73.0 Å². The number of primary sulfonamides is 1. The van der Waals surface area contributed by atoms with Crippen molar-refractivity contribution in [3.63, 3.8) is 0 Å². The molecular formula is C10H10N2O2S2. The molecule has 2 rings (SSSR count). The largest absolute Gasteiger partial charge is 0.238 e. The Bertz CT molecular complexity index is 604. The fraction of sp³-hybridized carbons (Fsp3) is 0.100. The lowest BCUT2D eigenvalue weighted by atomic mass is 10.1. The summed E-state index contributed by atoms with van der Waals surface area (Å²) in [6, 6.07) is 6.89. The maximum absolute atomic E-state index is 11.5. The van der Waals surface area contributed by atoms with E-state index in [0.29, 0.717) is 11.3 Å². The first-order valence-electron chi connectivity index (χ1n) is 4.53. The SMILES string of the molecule is Cc1ccc(-c2ccsn2)c(S(N)(=O)=O)c1. The van der Waals surface area contributed by atoms with E-state index in [1.807, 2.05) is 13.0 Å². The smallest absolute Gasteiger partial charge is 0.225 e. The monoisotopic (exact) mass is 254 g/mol. The normalized spacial score (nSPS) is 11.6. The Labute approximate surface area is 98.0 Å². The van der Waals surface area contributed by atoms with Crippen LogP contribution in [-0.4, -0.2) is 12.8 Å². The first kappa shape index (κ1) is 11.3. The number of nitrogens with zero attached hydrogens (tertiary/aromatic N) is 1. The van der Waals surface area contributed by atoms with Crippen LogP contribution in [0.15, 0.2) is 34.5 Å². The third-order valence-corrected chi connectivity index (χ3v) is 3.67. The van der Waals surface area contributed by atoms with Gasteiger partial charge in [-0.05, 0) is 36.2 Å². The summed E-state index contributed by atoms with van der Waals surface area (Å²) in [7, 11) is -3.72. The molecule has 0 amide bonds. The van der Waals surface area contributed by atoms with Crippen LogP contribution in [0.1, 0.15) is 5.56 Å². The second-order valence-electron chi connectivity index (χ2n) is 3.43. The van der Waals surface area contributed by atoms with Crippen molar-refractivity contribution in [2.45, 2.75) is 11.8 Å². The van der Waals surface area contributed by atoms with E-state index < -0.39 is 10.0 Å². The molecule has 2 aromatic rings. The Morgan fingerprint density at radius 1 is 1.31 bits per heavy atom. The highest BCUT2D eigenvalue weighted by Gasteiger charge is 2.16. The van der Waals surface area contributed by atoms with Gasteiger partial charge in [0.25, 0.3) is 0 Å². The van der Waals surface area contributed by atoms with Gasteiger partial charge in [0.05, 0.1) is 10.6 Å². The molecule has 0 saturated carbocycles. The van der Waals surface area contributed by atoms with Crippen molar-refractivity contribution in [2.75, 3.05) is 0 Å². The molecule has 0 spiro atoms. The zero-order valence-corrected chi connectivity index (χ0v) is 10.2. The second-order valence-corrected chi connectivity index (χ2v) is 5.62. The van der Waals surface area contributed by atoms with Crippen molar-refractivity contribution in [3.8, 4) is 11.3 Å². The summed E-state index contributed by atoms with van der Waals surface area (Å²) in [5.74, 6) is 0. The van der Waals surface area contributed by atoms with Crippen molar-refractivity contribution in [2.24, 2.45) is 5.14 Å². The molecule has 0 aliphatic rings. The van der Waals surface area contributed by atoms with E-state index in [1.165, 1.54) is 11.5 Å². The van der Waals surface area contributed by atoms with Crippen molar-refractivity contribution in [3.05, 3.63) is 35.2 Å². The Morgan fingerprint density at radius 2 is 2.06 bits per heavy atom. The molecule has 0 atom stereocenters. The molecule has 0 radical (unpaired) electrons. The van der Waals surface area contributed by atoms with Crippen LogP contribution in [0.3, 0.4) is 0 Å². The standard InChI is InChI=1S/C10H10N2O2S2/c1-7-2-3-8(9-4-5-15-12-9)10(6-7)16(11,13)14/h2-6H,1H3,(H2,11,13,14). The van der Waals surface area contributed by atoms with Crippen LogP contribution in [0.5, 0.6) is 0 Å². The van der Waals surface area contributed by atoms with Gasteiger partial charge in [-0.3, -0.25) is 0 Å². The van der Waals surface area contributed by atoms with E-state index in [-0.39, 0.29) is 4.90 Å². The van der Waals surface area contributed by atoms with Crippen molar-refractivity contribution < 1.29 is 8.42 Å². The van der Waals surface area contributed by atoms with Gasteiger partial charge < -0.3 is 0 Å². The minimum atomic E-state index is -3.72. The van der Waals surface area contributed by atoms with Crippen LogP contribution < -0.4 is 5.14 Å². The highest BCUT2D eigenvalue weighted by Crippen LogP contribution is 2.26. The lowest BCUT2D eigenvalue weighted by Gasteiger charge is -2.06. The second kappa shape index (κ2) is 3.97. The zero-order valence-electron chi connectivity index (χ0n) is 8.54. The van der Waals surface area contributed by atoms with Gasteiger partial charge in [-0.1, -0.05) is 12.1 Å². The van der Waals surface area contributed by atoms with Crippen molar-refractivity contribution in [1.29, 1.82) is 0 Å². The summed E-state index contributed by atoms with van der Waals surface area (Å²) in [5.41, 5.74) is 2.03. The number of hydrogen-bond acceptors (Lipinski definition) is 4. The Morgan fingerprint density at radius 3 is 2.62 bits per heavy atom. The lowest BCUT2D eigenvalue weighted by molar-refractivity contribution is 0.598. The lowest BCUT2D eigenvalue weighted by Crippen LogP contribution is -2.13. The first-order chi connectivity index (χ1) is 7.48. The van der Waals surface area contributed by atoms with Crippen LogP contribution in [-0.2, 0) is 10.0 Å². The number of rotatable bonds is 2. The Hall–Kier alpha value is -1.24. The summed E-state index contributed by atoms with van der Waals surface area (Å²) >= 11 is 1.27. The molecule has 16 heavy (non-hydrogen) atoms. The van der Waals surface area contributed by atoms with E-state index in [9.17, 15) is 8.42 Å². The van der Waals surface area contributed by atoms with Gasteiger partial charge in [0, 0.05) is 10.9 Å². The van der Waals surface area contributed by atoms with Crippen molar-refractivity contribution in [1.82, 2.24) is 4.37 Å². The van der Waals surface area contributed by atoms with E-state index >= 15 is 0 Å². The molecule has 2 N–H and O–H groups in total. The summed E-state index contributed by atoms with van der Waals surface area (Å²) in [5, 5.41) is 6.97. The maximum atomic E-state index is 11.5. The van der Waals surface area contributed by atoms with Crippen molar-refractivity contribution >= 4 is 21.6 Å². The molecule has 4 nitrogen and oxygen atoms in total. The fourth-order valence-electron chi connectivity index (χ4n) is 1.43. The summed E-state index contributed by atoms with van der Waals surface area (Å²) in [4.78, 5) is 0.124. The number of aromatic nitrogens is 1. The number of nitrogens with two attached hydrogens (primary N) is 1. The molecule has 1 heterocycles. The van der Waals surface area contributed by atoms with Crippen LogP contribution in [0.25, 0.3) is 11.3 Å². The van der Waals surface area contributed by atoms with Gasteiger partial charge in [-0.15, -0.1) is 0 Å². The van der Waals surface area contributed by atoms with E-state index in [2.05, 4.69) is 4.37 Å². The number of benzene rings is 1. The predicted molar refractivity (Wildman–Crippen MR) is 63.7 cm³/mol. The third-order valence-electron chi connectivity index (χ3n) is 2.16. The molecule has 84 valence electrons. The number of hydrogen-bond donors (Lipinski definition) is 1. The summed E-state index contributed by atoms with van der Waals surface area (Å²) < 4.78 is 27.0. The summed E-state index contributed by atoms with van der Waals surface area (Å²) in [6.07, 6.45) is 0. The van der Waals surface area contributed by atoms with Crippen LogP contribution >= 0.6 is 11.5 Å². The third kappa shape index (κ3) is 2.13. The highest BCUT2D eigenvalue weighted by molar-refractivity contribution is 7.89. The molecule has 0 aliphatic heterocycles. The molecule has 1 aromatic carbocycles. The van der Waals surface area contributed by atoms with E-state index in [1.54, 1.807) is 23.6 Å². The van der Waals surface area contributed by atoms with E-state index in [4.69, 9.17) is 5.14 Å². The fourth-order valence-corrected chi connectivity index (χ4v) is 2.78. The predicted octanol–water partition coefficient (Wildman–Crippen LogP) is 1.77. The quantitative estimate of drug-likeness (QED) is 0.887. The van der Waals surface area contributed by atoms with E-state index in [0.717, 1.165) is 5.56 Å². The maximum Gasteiger partial charge on any atom is 0.238 e. The zero-order chi connectivity index (χ0) is 11.8. The number of aryl methyl sites for hydroxylation is 1. The van der Waals surface area contributed by atoms with Gasteiger partial charge in [-0.2, -0.15) is 4.37 Å². The number of sulfonamides is 1. The Kier molecular flexibility index (Phi) is 2.79. The first-order valence-corrected chi connectivity index (χ1v) is 6.91. The van der Waals surface area contributed by atoms with Gasteiger partial charge in [-0.25, -0.2) is 13.6 Å². The van der Waals surface area contributed by atoms with Gasteiger partial charge >= 0.3 is 0 Å². The summed E-state index contributed by atoms with van der Waals surface area (Å²) in [6.45, 7) is 1.82. The van der Waals surface area contributed by atoms with Crippen LogP contribution in [0.2, 0.25) is 0 Å². The molecule has 0 saturated heterocycles.